The SMILES string of the molecule is N#Cc1ccccc1OCC(=O)Nc1ccc(F)cc1[N+](=O)[O-]. The minimum Gasteiger partial charge on any atom is -0.482 e. The van der Waals surface area contributed by atoms with Gasteiger partial charge in [0, 0.05) is 0 Å². The number of carbonyl (C=O) groups excluding carboxylic acids is 1. The van der Waals surface area contributed by atoms with Crippen molar-refractivity contribution in [3.05, 3.63) is 64.0 Å². The summed E-state index contributed by atoms with van der Waals surface area (Å²) in [7, 11) is 0. The van der Waals surface area contributed by atoms with E-state index in [2.05, 4.69) is 5.32 Å². The fourth-order valence-corrected chi connectivity index (χ4v) is 1.78. The molecule has 1 N–H and O–H groups in total. The van der Waals surface area contributed by atoms with Gasteiger partial charge < -0.3 is 10.1 Å². The van der Waals surface area contributed by atoms with E-state index in [1.807, 2.05) is 6.07 Å². The first-order valence-electron chi connectivity index (χ1n) is 6.37. The average Bonchev–Trinajstić information content (AvgIpc) is 2.54. The molecule has 0 aromatic heterocycles. The Labute approximate surface area is 130 Å². The Balaban J connectivity index is 2.06. The molecule has 0 saturated carbocycles. The fourth-order valence-electron chi connectivity index (χ4n) is 1.78. The number of anilines is 1. The number of halogens is 1. The van der Waals surface area contributed by atoms with Gasteiger partial charge in [0.1, 0.15) is 23.3 Å². The zero-order chi connectivity index (χ0) is 16.8. The van der Waals surface area contributed by atoms with Crippen molar-refractivity contribution in [2.75, 3.05) is 11.9 Å². The number of nitro benzene ring substituents is 1. The molecule has 0 spiro atoms. The predicted molar refractivity (Wildman–Crippen MR) is 78.3 cm³/mol. The molecular weight excluding hydrogens is 305 g/mol. The maximum atomic E-state index is 13.0. The van der Waals surface area contributed by atoms with Gasteiger partial charge in [0.15, 0.2) is 6.61 Å². The van der Waals surface area contributed by atoms with Crippen LogP contribution in [0.1, 0.15) is 5.56 Å². The highest BCUT2D eigenvalue weighted by molar-refractivity contribution is 5.94. The quantitative estimate of drug-likeness (QED) is 0.674. The molecule has 0 saturated heterocycles. The molecule has 116 valence electrons. The van der Waals surface area contributed by atoms with Gasteiger partial charge in [-0.15, -0.1) is 0 Å². The number of para-hydroxylation sites is 1. The van der Waals surface area contributed by atoms with E-state index < -0.39 is 28.9 Å². The van der Waals surface area contributed by atoms with Crippen molar-refractivity contribution in [1.82, 2.24) is 0 Å². The Bertz CT molecular complexity index is 802. The molecule has 1 amide bonds. The first kappa shape index (κ1) is 15.9. The van der Waals surface area contributed by atoms with E-state index in [-0.39, 0.29) is 17.0 Å². The average molecular weight is 315 g/mol. The van der Waals surface area contributed by atoms with Crippen molar-refractivity contribution < 1.29 is 18.8 Å². The summed E-state index contributed by atoms with van der Waals surface area (Å²) < 4.78 is 18.2. The van der Waals surface area contributed by atoms with Crippen molar-refractivity contribution in [2.45, 2.75) is 0 Å². The van der Waals surface area contributed by atoms with Gasteiger partial charge in [-0.1, -0.05) is 12.1 Å². The topological polar surface area (TPSA) is 105 Å². The van der Waals surface area contributed by atoms with Crippen LogP contribution in [-0.4, -0.2) is 17.4 Å². The van der Waals surface area contributed by atoms with E-state index >= 15 is 0 Å². The molecular formula is C15H10FN3O4. The Hall–Kier alpha value is -3.47. The maximum absolute atomic E-state index is 13.0. The van der Waals surface area contributed by atoms with Gasteiger partial charge in [-0.25, -0.2) is 4.39 Å². The second-order valence-corrected chi connectivity index (χ2v) is 4.36. The number of hydrogen-bond donors (Lipinski definition) is 1. The first-order valence-corrected chi connectivity index (χ1v) is 6.37. The highest BCUT2D eigenvalue weighted by Gasteiger charge is 2.17. The van der Waals surface area contributed by atoms with Crippen molar-refractivity contribution >= 4 is 17.3 Å². The third-order valence-corrected chi connectivity index (χ3v) is 2.80. The molecule has 8 heteroatoms. The Morgan fingerprint density at radius 1 is 1.35 bits per heavy atom. The number of nitrogens with one attached hydrogen (secondary N) is 1. The lowest BCUT2D eigenvalue weighted by atomic mass is 10.2. The normalized spacial score (nSPS) is 9.74. The van der Waals surface area contributed by atoms with Gasteiger partial charge in [-0.05, 0) is 24.3 Å². The first-order chi connectivity index (χ1) is 11.0. The summed E-state index contributed by atoms with van der Waals surface area (Å²) in [5, 5.41) is 22.0. The fraction of sp³-hybridized carbons (Fsp3) is 0.0667. The van der Waals surface area contributed by atoms with E-state index in [0.717, 1.165) is 12.1 Å². The second kappa shape index (κ2) is 7.00. The molecule has 0 fully saturated rings. The molecule has 0 aliphatic heterocycles. The smallest absolute Gasteiger partial charge is 0.295 e. The number of amides is 1. The van der Waals surface area contributed by atoms with Crippen LogP contribution in [0.5, 0.6) is 5.75 Å². The molecule has 0 unspecified atom stereocenters. The second-order valence-electron chi connectivity index (χ2n) is 4.36. The molecule has 23 heavy (non-hydrogen) atoms. The number of ether oxygens (including phenoxy) is 1. The molecule has 2 aromatic rings. The van der Waals surface area contributed by atoms with E-state index in [9.17, 15) is 19.3 Å². The van der Waals surface area contributed by atoms with Crippen LogP contribution in [0.3, 0.4) is 0 Å². The summed E-state index contributed by atoms with van der Waals surface area (Å²) in [5.74, 6) is -1.24. The summed E-state index contributed by atoms with van der Waals surface area (Å²) in [6, 6.07) is 11.0. The molecule has 0 atom stereocenters. The van der Waals surface area contributed by atoms with E-state index in [1.54, 1.807) is 12.1 Å². The van der Waals surface area contributed by atoms with Crippen LogP contribution in [0.15, 0.2) is 42.5 Å². The Morgan fingerprint density at radius 2 is 2.09 bits per heavy atom. The van der Waals surface area contributed by atoms with Gasteiger partial charge in [-0.2, -0.15) is 5.26 Å². The summed E-state index contributed by atoms with van der Waals surface area (Å²) in [5.41, 5.74) is -0.442. The molecule has 0 bridgehead atoms. The molecule has 7 nitrogen and oxygen atoms in total. The van der Waals surface area contributed by atoms with Gasteiger partial charge >= 0.3 is 0 Å². The van der Waals surface area contributed by atoms with Gasteiger partial charge in [-0.3, -0.25) is 14.9 Å². The molecule has 0 aliphatic rings. The van der Waals surface area contributed by atoms with Crippen molar-refractivity contribution in [3.8, 4) is 11.8 Å². The maximum Gasteiger partial charge on any atom is 0.295 e. The predicted octanol–water partition coefficient (Wildman–Crippen LogP) is 2.62. The number of benzene rings is 2. The van der Waals surface area contributed by atoms with Crippen molar-refractivity contribution in [3.63, 3.8) is 0 Å². The number of nitro groups is 1. The van der Waals surface area contributed by atoms with Crippen LogP contribution in [-0.2, 0) is 4.79 Å². The lowest BCUT2D eigenvalue weighted by Gasteiger charge is -2.08. The highest BCUT2D eigenvalue weighted by atomic mass is 19.1. The number of carbonyl (C=O) groups is 1. The van der Waals surface area contributed by atoms with Gasteiger partial charge in [0.2, 0.25) is 0 Å². The van der Waals surface area contributed by atoms with Crippen LogP contribution in [0.2, 0.25) is 0 Å². The van der Waals surface area contributed by atoms with Crippen LogP contribution in [0.4, 0.5) is 15.8 Å². The lowest BCUT2D eigenvalue weighted by Crippen LogP contribution is -2.21. The standard InChI is InChI=1S/C15H10FN3O4/c16-11-5-6-12(13(7-11)19(21)22)18-15(20)9-23-14-4-2-1-3-10(14)8-17/h1-7H,9H2,(H,18,20). The molecule has 2 aromatic carbocycles. The molecule has 0 heterocycles. The zero-order valence-corrected chi connectivity index (χ0v) is 11.7. The van der Waals surface area contributed by atoms with Crippen LogP contribution >= 0.6 is 0 Å². The van der Waals surface area contributed by atoms with E-state index in [1.165, 1.54) is 12.1 Å². The minimum absolute atomic E-state index is 0.140. The number of nitriles is 1. The Kier molecular flexibility index (Phi) is 4.84. The highest BCUT2D eigenvalue weighted by Crippen LogP contribution is 2.25. The van der Waals surface area contributed by atoms with Crippen molar-refractivity contribution in [1.29, 1.82) is 5.26 Å². The number of rotatable bonds is 5. The third kappa shape index (κ3) is 4.01. The molecule has 0 aliphatic carbocycles. The lowest BCUT2D eigenvalue weighted by molar-refractivity contribution is -0.384. The third-order valence-electron chi connectivity index (χ3n) is 2.80. The molecule has 2 rings (SSSR count). The number of hydrogen-bond acceptors (Lipinski definition) is 5. The van der Waals surface area contributed by atoms with Crippen LogP contribution in [0.25, 0.3) is 0 Å². The Morgan fingerprint density at radius 3 is 2.78 bits per heavy atom. The summed E-state index contributed by atoms with van der Waals surface area (Å²) in [4.78, 5) is 21.8. The monoisotopic (exact) mass is 315 g/mol. The van der Waals surface area contributed by atoms with Crippen molar-refractivity contribution in [2.24, 2.45) is 0 Å². The summed E-state index contributed by atoms with van der Waals surface area (Å²) >= 11 is 0. The summed E-state index contributed by atoms with van der Waals surface area (Å²) in [6.07, 6.45) is 0. The zero-order valence-electron chi connectivity index (χ0n) is 11.7. The van der Waals surface area contributed by atoms with Gasteiger partial charge in [0.05, 0.1) is 16.6 Å². The van der Waals surface area contributed by atoms with Gasteiger partial charge in [0.25, 0.3) is 11.6 Å². The van der Waals surface area contributed by atoms with Crippen LogP contribution < -0.4 is 10.1 Å². The minimum atomic E-state index is -0.801. The van der Waals surface area contributed by atoms with E-state index in [0.29, 0.717) is 6.07 Å². The molecule has 0 radical (unpaired) electrons. The summed E-state index contributed by atoms with van der Waals surface area (Å²) in [6.45, 7) is -0.451. The van der Waals surface area contributed by atoms with Crippen LogP contribution in [0, 0.1) is 27.3 Å². The number of nitrogens with zero attached hydrogens (tertiary/aromatic N) is 2. The van der Waals surface area contributed by atoms with E-state index in [4.69, 9.17) is 10.00 Å². The largest absolute Gasteiger partial charge is 0.482 e.